The average molecular weight is 243 g/mol. The molecule has 0 aromatic rings. The molecule has 4 heteroatoms. The van der Waals surface area contributed by atoms with Crippen LogP contribution in [0.5, 0.6) is 0 Å². The second kappa shape index (κ2) is 11.4. The summed E-state index contributed by atoms with van der Waals surface area (Å²) >= 11 is 0. The molecule has 0 aromatic heterocycles. The van der Waals surface area contributed by atoms with Gasteiger partial charge in [-0.3, -0.25) is 9.59 Å². The first-order valence-electron chi connectivity index (χ1n) is 6.65. The number of carbonyl (C=O) groups excluding carboxylic acids is 1. The van der Waals surface area contributed by atoms with Crippen molar-refractivity contribution in [2.75, 3.05) is 6.54 Å². The minimum atomic E-state index is -0.737. The largest absolute Gasteiger partial charge is 0.481 e. The summed E-state index contributed by atoms with van der Waals surface area (Å²) in [6.07, 6.45) is 7.61. The number of carboxylic acid groups (broad SMARTS) is 1. The van der Waals surface area contributed by atoms with Gasteiger partial charge in [-0.1, -0.05) is 32.6 Å². The lowest BCUT2D eigenvalue weighted by Crippen LogP contribution is -2.23. The van der Waals surface area contributed by atoms with Crippen LogP contribution in [-0.2, 0) is 9.59 Å². The maximum atomic E-state index is 11.3. The Morgan fingerprint density at radius 3 is 2.18 bits per heavy atom. The van der Waals surface area contributed by atoms with Crippen LogP contribution in [0.25, 0.3) is 0 Å². The highest BCUT2D eigenvalue weighted by Crippen LogP contribution is 2.05. The number of unbranched alkanes of at least 4 members (excludes halogenated alkanes) is 5. The lowest BCUT2D eigenvalue weighted by molar-refractivity contribution is -0.137. The first-order chi connectivity index (χ1) is 8.16. The number of amides is 1. The minimum Gasteiger partial charge on any atom is -0.481 e. The number of aliphatic carboxylic acids is 1. The van der Waals surface area contributed by atoms with Crippen LogP contribution in [0.3, 0.4) is 0 Å². The van der Waals surface area contributed by atoms with Gasteiger partial charge in [0.05, 0.1) is 0 Å². The van der Waals surface area contributed by atoms with E-state index in [1.165, 1.54) is 6.42 Å². The molecule has 0 bridgehead atoms. The van der Waals surface area contributed by atoms with Crippen molar-refractivity contribution in [3.63, 3.8) is 0 Å². The molecule has 17 heavy (non-hydrogen) atoms. The van der Waals surface area contributed by atoms with Gasteiger partial charge in [-0.15, -0.1) is 0 Å². The first-order valence-corrected chi connectivity index (χ1v) is 6.65. The molecule has 0 unspecified atom stereocenters. The SMILES string of the molecule is CCCCCNC(=O)CCCCCCC(=O)O. The molecule has 0 saturated carbocycles. The van der Waals surface area contributed by atoms with E-state index in [1.54, 1.807) is 0 Å². The van der Waals surface area contributed by atoms with Gasteiger partial charge < -0.3 is 10.4 Å². The summed E-state index contributed by atoms with van der Waals surface area (Å²) in [6.45, 7) is 2.92. The zero-order chi connectivity index (χ0) is 12.9. The molecule has 0 aliphatic heterocycles. The maximum Gasteiger partial charge on any atom is 0.303 e. The van der Waals surface area contributed by atoms with E-state index >= 15 is 0 Å². The van der Waals surface area contributed by atoms with E-state index in [2.05, 4.69) is 12.2 Å². The zero-order valence-electron chi connectivity index (χ0n) is 10.8. The van der Waals surface area contributed by atoms with Crippen molar-refractivity contribution in [3.05, 3.63) is 0 Å². The highest BCUT2D eigenvalue weighted by atomic mass is 16.4. The lowest BCUT2D eigenvalue weighted by Gasteiger charge is -2.04. The Hall–Kier alpha value is -1.06. The van der Waals surface area contributed by atoms with E-state index in [-0.39, 0.29) is 12.3 Å². The van der Waals surface area contributed by atoms with Gasteiger partial charge in [0.1, 0.15) is 0 Å². The summed E-state index contributed by atoms with van der Waals surface area (Å²) in [4.78, 5) is 21.6. The molecule has 100 valence electrons. The summed E-state index contributed by atoms with van der Waals surface area (Å²) in [5, 5.41) is 11.3. The molecule has 0 atom stereocenters. The van der Waals surface area contributed by atoms with Crippen LogP contribution in [0, 0.1) is 0 Å². The van der Waals surface area contributed by atoms with Crippen LogP contribution < -0.4 is 5.32 Å². The van der Waals surface area contributed by atoms with Crippen molar-refractivity contribution >= 4 is 11.9 Å². The average Bonchev–Trinajstić information content (AvgIpc) is 2.29. The summed E-state index contributed by atoms with van der Waals surface area (Å²) < 4.78 is 0. The summed E-state index contributed by atoms with van der Waals surface area (Å²) in [5.74, 6) is -0.613. The molecule has 2 N–H and O–H groups in total. The number of hydrogen-bond donors (Lipinski definition) is 2. The van der Waals surface area contributed by atoms with Crippen molar-refractivity contribution < 1.29 is 14.7 Å². The van der Waals surface area contributed by atoms with E-state index < -0.39 is 5.97 Å². The van der Waals surface area contributed by atoms with Crippen LogP contribution in [0.15, 0.2) is 0 Å². The molecule has 0 saturated heterocycles. The molecule has 0 aliphatic rings. The van der Waals surface area contributed by atoms with Crippen molar-refractivity contribution in [3.8, 4) is 0 Å². The van der Waals surface area contributed by atoms with Crippen molar-refractivity contribution in [2.24, 2.45) is 0 Å². The van der Waals surface area contributed by atoms with E-state index in [1.807, 2.05) is 0 Å². The number of hydrogen-bond acceptors (Lipinski definition) is 2. The van der Waals surface area contributed by atoms with E-state index in [0.717, 1.165) is 38.6 Å². The minimum absolute atomic E-state index is 0.124. The Kier molecular flexibility index (Phi) is 10.7. The lowest BCUT2D eigenvalue weighted by atomic mass is 10.1. The molecule has 0 aliphatic carbocycles. The van der Waals surface area contributed by atoms with Crippen LogP contribution >= 0.6 is 0 Å². The topological polar surface area (TPSA) is 66.4 Å². The molecule has 1 amide bonds. The zero-order valence-corrected chi connectivity index (χ0v) is 10.8. The number of carbonyl (C=O) groups is 2. The highest BCUT2D eigenvalue weighted by molar-refractivity contribution is 5.75. The Labute approximate surface area is 104 Å². The van der Waals surface area contributed by atoms with Gasteiger partial charge in [0.15, 0.2) is 0 Å². The number of nitrogens with one attached hydrogen (secondary N) is 1. The Balaban J connectivity index is 3.19. The Morgan fingerprint density at radius 1 is 0.941 bits per heavy atom. The maximum absolute atomic E-state index is 11.3. The predicted molar refractivity (Wildman–Crippen MR) is 67.9 cm³/mol. The molecule has 0 spiro atoms. The molecule has 0 heterocycles. The summed E-state index contributed by atoms with van der Waals surface area (Å²) in [7, 11) is 0. The Bertz CT molecular complexity index is 217. The smallest absolute Gasteiger partial charge is 0.303 e. The molecule has 4 nitrogen and oxygen atoms in total. The molecular weight excluding hydrogens is 218 g/mol. The third-order valence-electron chi connectivity index (χ3n) is 2.65. The number of rotatable bonds is 11. The Morgan fingerprint density at radius 2 is 1.59 bits per heavy atom. The van der Waals surface area contributed by atoms with Gasteiger partial charge in [-0.25, -0.2) is 0 Å². The fraction of sp³-hybridized carbons (Fsp3) is 0.846. The van der Waals surface area contributed by atoms with Gasteiger partial charge in [0.2, 0.25) is 5.91 Å². The molecule has 0 rings (SSSR count). The van der Waals surface area contributed by atoms with Crippen molar-refractivity contribution in [2.45, 2.75) is 64.7 Å². The van der Waals surface area contributed by atoms with Gasteiger partial charge >= 0.3 is 5.97 Å². The van der Waals surface area contributed by atoms with E-state index in [4.69, 9.17) is 5.11 Å². The van der Waals surface area contributed by atoms with Crippen LogP contribution in [0.2, 0.25) is 0 Å². The predicted octanol–water partition coefficient (Wildman–Crippen LogP) is 2.72. The first kappa shape index (κ1) is 15.9. The highest BCUT2D eigenvalue weighted by Gasteiger charge is 2.01. The normalized spacial score (nSPS) is 10.2. The fourth-order valence-corrected chi connectivity index (χ4v) is 1.61. The fourth-order valence-electron chi connectivity index (χ4n) is 1.61. The van der Waals surface area contributed by atoms with E-state index in [0.29, 0.717) is 12.8 Å². The van der Waals surface area contributed by atoms with Gasteiger partial charge in [0.25, 0.3) is 0 Å². The molecular formula is C13H25NO3. The molecule has 0 radical (unpaired) electrons. The van der Waals surface area contributed by atoms with Crippen LogP contribution in [0.4, 0.5) is 0 Å². The van der Waals surface area contributed by atoms with E-state index in [9.17, 15) is 9.59 Å². The van der Waals surface area contributed by atoms with Crippen molar-refractivity contribution in [1.29, 1.82) is 0 Å². The molecule has 0 fully saturated rings. The standard InChI is InChI=1S/C13H25NO3/c1-2-3-8-11-14-12(15)9-6-4-5-7-10-13(16)17/h2-11H2,1H3,(H,14,15)(H,16,17). The van der Waals surface area contributed by atoms with Gasteiger partial charge in [-0.05, 0) is 19.3 Å². The molecule has 0 aromatic carbocycles. The third kappa shape index (κ3) is 12.9. The van der Waals surface area contributed by atoms with Gasteiger partial charge in [0, 0.05) is 19.4 Å². The second-order valence-electron chi connectivity index (χ2n) is 4.37. The second-order valence-corrected chi connectivity index (χ2v) is 4.37. The van der Waals surface area contributed by atoms with Crippen LogP contribution in [-0.4, -0.2) is 23.5 Å². The quantitative estimate of drug-likeness (QED) is 0.548. The summed E-state index contributed by atoms with van der Waals surface area (Å²) in [5.41, 5.74) is 0. The van der Waals surface area contributed by atoms with Crippen LogP contribution in [0.1, 0.15) is 64.7 Å². The van der Waals surface area contributed by atoms with Crippen molar-refractivity contribution in [1.82, 2.24) is 5.32 Å². The van der Waals surface area contributed by atoms with Gasteiger partial charge in [-0.2, -0.15) is 0 Å². The monoisotopic (exact) mass is 243 g/mol. The summed E-state index contributed by atoms with van der Waals surface area (Å²) in [6, 6.07) is 0. The third-order valence-corrected chi connectivity index (χ3v) is 2.65. The number of carboxylic acids is 1.